The van der Waals surface area contributed by atoms with Gasteiger partial charge in [-0.1, -0.05) is 24.3 Å². The predicted molar refractivity (Wildman–Crippen MR) is 128 cm³/mol. The first-order chi connectivity index (χ1) is 16.1. The molecule has 0 fully saturated rings. The number of anilines is 2. The molecule has 7 heteroatoms. The van der Waals surface area contributed by atoms with Gasteiger partial charge in [-0.15, -0.1) is 5.10 Å². The van der Waals surface area contributed by atoms with Crippen LogP contribution >= 0.6 is 0 Å². The van der Waals surface area contributed by atoms with Crippen molar-refractivity contribution in [3.8, 4) is 28.3 Å². The van der Waals surface area contributed by atoms with Gasteiger partial charge in [0.15, 0.2) is 11.4 Å². The highest BCUT2D eigenvalue weighted by Gasteiger charge is 2.10. The van der Waals surface area contributed by atoms with E-state index in [1.54, 1.807) is 30.8 Å². The molecule has 33 heavy (non-hydrogen) atoms. The van der Waals surface area contributed by atoms with Crippen molar-refractivity contribution in [1.82, 2.24) is 19.6 Å². The molecule has 0 bridgehead atoms. The fourth-order valence-corrected chi connectivity index (χ4v) is 3.60. The van der Waals surface area contributed by atoms with E-state index in [1.807, 2.05) is 72.8 Å². The van der Waals surface area contributed by atoms with Crippen molar-refractivity contribution in [2.75, 3.05) is 12.4 Å². The van der Waals surface area contributed by atoms with Crippen LogP contribution in [0.15, 0.2) is 85.1 Å². The first kappa shape index (κ1) is 20.4. The molecule has 0 saturated heterocycles. The van der Waals surface area contributed by atoms with E-state index in [0.717, 1.165) is 39.6 Å². The van der Waals surface area contributed by atoms with Gasteiger partial charge in [0, 0.05) is 16.7 Å². The smallest absolute Gasteiger partial charge is 0.247 e. The molecule has 5 aromatic rings. The van der Waals surface area contributed by atoms with Gasteiger partial charge in [-0.05, 0) is 61.5 Å². The molecule has 0 saturated carbocycles. The van der Waals surface area contributed by atoms with E-state index < -0.39 is 0 Å². The number of rotatable bonds is 6. The summed E-state index contributed by atoms with van der Waals surface area (Å²) in [6, 6.07) is 25.0. The van der Waals surface area contributed by atoms with Crippen LogP contribution in [-0.2, 0) is 0 Å². The Morgan fingerprint density at radius 2 is 1.76 bits per heavy atom. The summed E-state index contributed by atoms with van der Waals surface area (Å²) in [6.07, 6.45) is 1.73. The normalized spacial score (nSPS) is 10.8. The van der Waals surface area contributed by atoms with E-state index in [4.69, 9.17) is 4.74 Å². The number of ether oxygens (including phenoxy) is 1. The number of carbonyl (C=O) groups is 1. The number of Topliss-reactive ketones (excluding diaryl/α,β-unsaturated/α-hetero) is 1. The number of carbonyl (C=O) groups excluding carboxylic acids is 1. The maximum Gasteiger partial charge on any atom is 0.247 e. The first-order valence-corrected chi connectivity index (χ1v) is 10.5. The maximum absolute atomic E-state index is 11.7. The molecule has 0 radical (unpaired) electrons. The molecule has 0 aliphatic rings. The predicted octanol–water partition coefficient (Wildman–Crippen LogP) is 5.41. The molecule has 7 nitrogen and oxygen atoms in total. The third-order valence-corrected chi connectivity index (χ3v) is 5.33. The van der Waals surface area contributed by atoms with E-state index in [0.29, 0.717) is 11.5 Å². The number of nitrogens with zero attached hydrogens (tertiary/aromatic N) is 4. The van der Waals surface area contributed by atoms with E-state index in [-0.39, 0.29) is 5.78 Å². The van der Waals surface area contributed by atoms with Gasteiger partial charge < -0.3 is 10.1 Å². The number of pyridine rings is 2. The number of benzene rings is 2. The Labute approximate surface area is 190 Å². The Kier molecular flexibility index (Phi) is 5.28. The van der Waals surface area contributed by atoms with Gasteiger partial charge >= 0.3 is 0 Å². The molecular formula is C26H21N5O2. The van der Waals surface area contributed by atoms with Crippen LogP contribution in [0.25, 0.3) is 28.2 Å². The van der Waals surface area contributed by atoms with Crippen molar-refractivity contribution in [2.45, 2.75) is 6.92 Å². The quantitative estimate of drug-likeness (QED) is 0.359. The van der Waals surface area contributed by atoms with Gasteiger partial charge in [-0.2, -0.15) is 4.98 Å². The lowest BCUT2D eigenvalue weighted by atomic mass is 10.1. The van der Waals surface area contributed by atoms with Crippen LogP contribution in [-0.4, -0.2) is 32.5 Å². The lowest BCUT2D eigenvalue weighted by Gasteiger charge is -2.06. The van der Waals surface area contributed by atoms with Crippen LogP contribution in [0, 0.1) is 0 Å². The number of nitrogens with one attached hydrogen (secondary N) is 1. The van der Waals surface area contributed by atoms with Gasteiger partial charge in [0.25, 0.3) is 0 Å². The molecule has 3 aromatic heterocycles. The van der Waals surface area contributed by atoms with E-state index in [9.17, 15) is 4.79 Å². The van der Waals surface area contributed by atoms with Crippen molar-refractivity contribution in [1.29, 1.82) is 0 Å². The summed E-state index contributed by atoms with van der Waals surface area (Å²) in [6.45, 7) is 1.56. The highest BCUT2D eigenvalue weighted by Crippen LogP contribution is 2.25. The van der Waals surface area contributed by atoms with Crippen LogP contribution in [0.2, 0.25) is 0 Å². The Morgan fingerprint density at radius 3 is 2.48 bits per heavy atom. The molecule has 0 amide bonds. The molecule has 0 unspecified atom stereocenters. The number of fused-ring (bicyclic) bond motifs is 1. The Hall–Kier alpha value is -4.52. The van der Waals surface area contributed by atoms with Crippen LogP contribution in [0.4, 0.5) is 11.6 Å². The first-order valence-electron chi connectivity index (χ1n) is 10.5. The fraction of sp³-hybridized carbons (Fsp3) is 0.0769. The third kappa shape index (κ3) is 4.16. The average molecular weight is 435 g/mol. The molecule has 3 heterocycles. The van der Waals surface area contributed by atoms with Crippen molar-refractivity contribution < 1.29 is 9.53 Å². The van der Waals surface area contributed by atoms with E-state index in [2.05, 4.69) is 20.4 Å². The van der Waals surface area contributed by atoms with Crippen molar-refractivity contribution >= 4 is 23.1 Å². The number of aromatic nitrogens is 4. The van der Waals surface area contributed by atoms with Gasteiger partial charge in [0.2, 0.25) is 5.95 Å². The minimum absolute atomic E-state index is 0.0297. The zero-order valence-electron chi connectivity index (χ0n) is 18.2. The average Bonchev–Trinajstić information content (AvgIpc) is 3.27. The summed E-state index contributed by atoms with van der Waals surface area (Å²) >= 11 is 0. The standard InChI is InChI=1S/C26H21N5O2/c1-17(32)19-5-3-6-20(15-19)23-14-11-21(16-27-23)28-26-29-25-8-4-7-24(31(25)30-26)18-9-12-22(33-2)13-10-18/h3-16H,1-2H3,(H,28,30). The van der Waals surface area contributed by atoms with Crippen LogP contribution in [0.1, 0.15) is 17.3 Å². The van der Waals surface area contributed by atoms with Gasteiger partial charge in [0.1, 0.15) is 5.75 Å². The molecule has 0 aliphatic heterocycles. The molecule has 0 aliphatic carbocycles. The highest BCUT2D eigenvalue weighted by atomic mass is 16.5. The van der Waals surface area contributed by atoms with Crippen molar-refractivity contribution in [3.63, 3.8) is 0 Å². The summed E-state index contributed by atoms with van der Waals surface area (Å²) in [5.41, 5.74) is 5.78. The van der Waals surface area contributed by atoms with Gasteiger partial charge in [-0.25, -0.2) is 4.52 Å². The van der Waals surface area contributed by atoms with E-state index >= 15 is 0 Å². The lowest BCUT2D eigenvalue weighted by Crippen LogP contribution is -1.97. The Balaban J connectivity index is 1.40. The number of hydrogen-bond donors (Lipinski definition) is 1. The fourth-order valence-electron chi connectivity index (χ4n) is 3.60. The number of methoxy groups -OCH3 is 1. The lowest BCUT2D eigenvalue weighted by molar-refractivity contribution is 0.101. The Morgan fingerprint density at radius 1 is 0.939 bits per heavy atom. The number of ketones is 1. The summed E-state index contributed by atoms with van der Waals surface area (Å²) in [5.74, 6) is 1.31. The monoisotopic (exact) mass is 435 g/mol. The van der Waals surface area contributed by atoms with Crippen LogP contribution in [0.3, 0.4) is 0 Å². The molecule has 0 spiro atoms. The topological polar surface area (TPSA) is 81.4 Å². The SMILES string of the molecule is COc1ccc(-c2cccc3nc(Nc4ccc(-c5cccc(C(C)=O)c5)nc4)nn23)cc1. The zero-order valence-corrected chi connectivity index (χ0v) is 18.2. The second-order valence-corrected chi connectivity index (χ2v) is 7.54. The second-order valence-electron chi connectivity index (χ2n) is 7.54. The van der Waals surface area contributed by atoms with Gasteiger partial charge in [0.05, 0.1) is 30.4 Å². The largest absolute Gasteiger partial charge is 0.497 e. The van der Waals surface area contributed by atoms with E-state index in [1.165, 1.54) is 0 Å². The summed E-state index contributed by atoms with van der Waals surface area (Å²) in [4.78, 5) is 20.8. The summed E-state index contributed by atoms with van der Waals surface area (Å²) in [7, 11) is 1.65. The molecule has 1 N–H and O–H groups in total. The third-order valence-electron chi connectivity index (χ3n) is 5.33. The number of hydrogen-bond acceptors (Lipinski definition) is 6. The second kappa shape index (κ2) is 8.55. The molecule has 2 aromatic carbocycles. The van der Waals surface area contributed by atoms with Crippen molar-refractivity contribution in [3.05, 3.63) is 90.6 Å². The molecule has 5 rings (SSSR count). The maximum atomic E-state index is 11.7. The summed E-state index contributed by atoms with van der Waals surface area (Å²) < 4.78 is 7.05. The van der Waals surface area contributed by atoms with Crippen molar-refractivity contribution in [2.24, 2.45) is 0 Å². The van der Waals surface area contributed by atoms with Gasteiger partial charge in [-0.3, -0.25) is 9.78 Å². The molecular weight excluding hydrogens is 414 g/mol. The van der Waals surface area contributed by atoms with Crippen LogP contribution < -0.4 is 10.1 Å². The summed E-state index contributed by atoms with van der Waals surface area (Å²) in [5, 5.41) is 7.86. The molecule has 162 valence electrons. The highest BCUT2D eigenvalue weighted by molar-refractivity contribution is 5.95. The Bertz CT molecular complexity index is 1440. The van der Waals surface area contributed by atoms with Crippen LogP contribution in [0.5, 0.6) is 5.75 Å². The zero-order chi connectivity index (χ0) is 22.8. The minimum Gasteiger partial charge on any atom is -0.497 e. The minimum atomic E-state index is 0.0297. The molecule has 0 atom stereocenters.